The third-order valence-corrected chi connectivity index (χ3v) is 2.68. The molecule has 5 heteroatoms. The molecule has 0 heterocycles. The van der Waals surface area contributed by atoms with Gasteiger partial charge in [-0.3, -0.25) is 0 Å². The summed E-state index contributed by atoms with van der Waals surface area (Å²) in [6.45, 7) is 0. The monoisotopic (exact) mass is 158 g/mol. The predicted octanol–water partition coefficient (Wildman–Crippen LogP) is 0.104. The van der Waals surface area contributed by atoms with Crippen molar-refractivity contribution in [2.45, 2.75) is 0 Å². The predicted molar refractivity (Wildman–Crippen MR) is 38.7 cm³/mol. The van der Waals surface area contributed by atoms with Gasteiger partial charge in [0.25, 0.3) is 0 Å². The molecule has 0 spiro atoms. The summed E-state index contributed by atoms with van der Waals surface area (Å²) in [5.41, 5.74) is 0. The van der Waals surface area contributed by atoms with Gasteiger partial charge in [-0.2, -0.15) is 0 Å². The maximum Gasteiger partial charge on any atom is 0.169 e. The molecule has 1 N–H and O–H groups in total. The minimum absolute atomic E-state index is 0.139. The molecule has 0 aromatic carbocycles. The van der Waals surface area contributed by atoms with Gasteiger partial charge in [-0.15, -0.1) is 12.6 Å². The first-order valence-corrected chi connectivity index (χ1v) is 4.51. The van der Waals surface area contributed by atoms with Crippen LogP contribution in [0.25, 0.3) is 0 Å². The van der Waals surface area contributed by atoms with Crippen molar-refractivity contribution in [2.24, 2.45) is 0 Å². The second kappa shape index (κ2) is 2.92. The molecule has 0 rings (SSSR count). The molecule has 0 aliphatic carbocycles. The second-order valence-electron chi connectivity index (χ2n) is 0.517. The van der Waals surface area contributed by atoms with E-state index in [-0.39, 0.29) is 4.38 Å². The average molecular weight is 158 g/mol. The molecule has 1 nitrogen and oxygen atoms in total. The number of hydrogen-bond donors (Lipinski definition) is 2. The van der Waals surface area contributed by atoms with Gasteiger partial charge in [-0.25, -0.2) is 0 Å². The van der Waals surface area contributed by atoms with Gasteiger partial charge in [-0.1, -0.05) is 0 Å². The maximum absolute atomic E-state index is 8.21. The van der Waals surface area contributed by atoms with E-state index >= 15 is 0 Å². The van der Waals surface area contributed by atoms with Crippen molar-refractivity contribution in [3.05, 3.63) is 0 Å². The third kappa shape index (κ3) is 3.05. The van der Waals surface area contributed by atoms with Crippen molar-refractivity contribution in [1.82, 2.24) is 0 Å². The molecule has 0 bridgehead atoms. The van der Waals surface area contributed by atoms with Crippen molar-refractivity contribution in [1.29, 1.82) is 0 Å². The Morgan fingerprint density at radius 3 is 1.83 bits per heavy atom. The Hall–Kier alpha value is 0.840. The quantitative estimate of drug-likeness (QED) is 0.385. The van der Waals surface area contributed by atoms with Crippen LogP contribution in [0.1, 0.15) is 0 Å². The van der Waals surface area contributed by atoms with Crippen LogP contribution in [-0.4, -0.2) is 9.49 Å². The molecule has 0 radical (unpaired) electrons. The largest absolute Gasteiger partial charge is 0.346 e. The first-order valence-electron chi connectivity index (χ1n) is 0.985. The van der Waals surface area contributed by atoms with E-state index in [4.69, 9.17) is 5.11 Å². The smallest absolute Gasteiger partial charge is 0.169 e. The number of thiol groups is 1. The van der Waals surface area contributed by atoms with E-state index in [0.29, 0.717) is 0 Å². The Kier molecular flexibility index (Phi) is 3.33. The van der Waals surface area contributed by atoms with Gasteiger partial charge in [0.1, 0.15) is 0 Å². The highest BCUT2D eigenvalue weighted by Gasteiger charge is 1.68. The summed E-state index contributed by atoms with van der Waals surface area (Å²) in [6.07, 6.45) is 0. The van der Waals surface area contributed by atoms with Crippen LogP contribution < -0.4 is 0 Å². The Labute approximate surface area is 52.2 Å². The van der Waals surface area contributed by atoms with Crippen LogP contribution in [0.5, 0.6) is 0 Å². The van der Waals surface area contributed by atoms with E-state index in [0.717, 1.165) is 0 Å². The van der Waals surface area contributed by atoms with Crippen LogP contribution >= 0.6 is 12.6 Å². The highest BCUT2D eigenvalue weighted by Crippen LogP contribution is 1.67. The zero-order valence-electron chi connectivity index (χ0n) is 2.62. The summed E-state index contributed by atoms with van der Waals surface area (Å²) < 4.78 is -0.139. The van der Waals surface area contributed by atoms with Gasteiger partial charge in [0.2, 0.25) is 0 Å². The highest BCUT2D eigenvalue weighted by molar-refractivity contribution is 8.49. The Bertz CT molecular complexity index is 138. The van der Waals surface area contributed by atoms with Crippen LogP contribution in [0.3, 0.4) is 0 Å². The molecule has 0 aliphatic rings. The molecule has 0 saturated heterocycles. The Morgan fingerprint density at radius 2 is 1.83 bits per heavy atom. The lowest BCUT2D eigenvalue weighted by atomic mass is 11.7. The topological polar surface area (TPSA) is 20.2 Å². The van der Waals surface area contributed by atoms with Crippen molar-refractivity contribution >= 4 is 47.0 Å². The van der Waals surface area contributed by atoms with Crippen molar-refractivity contribution in [3.63, 3.8) is 0 Å². The third-order valence-electron chi connectivity index (χ3n) is 0.149. The van der Waals surface area contributed by atoms with Crippen LogP contribution in [0.15, 0.2) is 0 Å². The number of hydrogen-bond acceptors (Lipinski definition) is 2. The number of aliphatic hydroxyl groups is 1. The van der Waals surface area contributed by atoms with Gasteiger partial charge < -0.3 is 5.11 Å². The minimum Gasteiger partial charge on any atom is -0.346 e. The lowest BCUT2D eigenvalue weighted by Gasteiger charge is -1.68. The average Bonchev–Trinajstić information content (AvgIpc) is 1.36. The molecular weight excluding hydrogens is 156 g/mol. The molecule has 0 aliphatic heterocycles. The Morgan fingerprint density at radius 1 is 1.67 bits per heavy atom. The summed E-state index contributed by atoms with van der Waals surface area (Å²) in [4.78, 5) is 0. The van der Waals surface area contributed by atoms with Gasteiger partial charge in [0.15, 0.2) is 4.38 Å². The molecule has 0 fully saturated rings. The highest BCUT2D eigenvalue weighted by atomic mass is 33.1. The van der Waals surface area contributed by atoms with E-state index < -0.39 is 7.60 Å². The zero-order valence-corrected chi connectivity index (χ0v) is 5.96. The molecule has 0 unspecified atom stereocenters. The number of rotatable bonds is 0. The van der Waals surface area contributed by atoms with E-state index in [1.165, 1.54) is 0 Å². The van der Waals surface area contributed by atoms with E-state index in [9.17, 15) is 0 Å². The molecule has 0 saturated carbocycles. The lowest BCUT2D eigenvalue weighted by Crippen LogP contribution is -1.78. The second-order valence-corrected chi connectivity index (χ2v) is 4.73. The van der Waals surface area contributed by atoms with Crippen LogP contribution in [0, 0.1) is 0 Å². The van der Waals surface area contributed by atoms with Crippen molar-refractivity contribution in [3.8, 4) is 0 Å². The van der Waals surface area contributed by atoms with E-state index in [1.54, 1.807) is 0 Å². The molecule has 6 heavy (non-hydrogen) atoms. The summed E-state index contributed by atoms with van der Waals surface area (Å²) in [6, 6.07) is 0. The summed E-state index contributed by atoms with van der Waals surface area (Å²) in [5.74, 6) is 0. The van der Waals surface area contributed by atoms with Gasteiger partial charge in [0, 0.05) is 0 Å². The van der Waals surface area contributed by atoms with Gasteiger partial charge >= 0.3 is 0 Å². The van der Waals surface area contributed by atoms with Crippen LogP contribution in [0.2, 0.25) is 0 Å². The Balaban J connectivity index is 4.58. The van der Waals surface area contributed by atoms with Gasteiger partial charge in [0.05, 0.1) is 0 Å². The van der Waals surface area contributed by atoms with Crippen LogP contribution in [-0.2, 0) is 30.0 Å². The van der Waals surface area contributed by atoms with E-state index in [2.05, 4.69) is 35.0 Å². The summed E-state index contributed by atoms with van der Waals surface area (Å²) >= 11 is 12.2. The SMILES string of the molecule is OC(S)=S(=S)=S. The standard InChI is InChI=1S/CH2OS4/c2-1(3)6(4)5/h2-3H. The first kappa shape index (κ1) is 6.84. The summed E-state index contributed by atoms with van der Waals surface area (Å²) in [5, 5.41) is 8.21. The fourth-order valence-electron chi connectivity index (χ4n) is 0. The van der Waals surface area contributed by atoms with Gasteiger partial charge in [-0.05, 0) is 30.0 Å². The fourth-order valence-corrected chi connectivity index (χ4v) is 0. The van der Waals surface area contributed by atoms with Crippen LogP contribution in [0.4, 0.5) is 0 Å². The normalized spacial score (nSPS) is 7.67. The molecule has 0 aromatic rings. The molecule has 36 valence electrons. The number of aliphatic hydroxyl groups excluding tert-OH is 1. The lowest BCUT2D eigenvalue weighted by molar-refractivity contribution is 0.586. The molecule has 0 atom stereocenters. The fraction of sp³-hybridized carbons (Fsp3) is 0. The van der Waals surface area contributed by atoms with Crippen molar-refractivity contribution < 1.29 is 5.11 Å². The minimum atomic E-state index is -0.864. The maximum atomic E-state index is 8.21. The molecular formula is CH2OS4. The molecule has 0 amide bonds. The summed E-state index contributed by atoms with van der Waals surface area (Å²) in [7, 11) is -0.864. The molecule has 0 aromatic heterocycles. The zero-order chi connectivity index (χ0) is 5.15. The first-order chi connectivity index (χ1) is 2.64. The van der Waals surface area contributed by atoms with E-state index in [1.807, 2.05) is 0 Å². The van der Waals surface area contributed by atoms with Crippen molar-refractivity contribution in [2.75, 3.05) is 0 Å².